The van der Waals surface area contributed by atoms with Gasteiger partial charge in [0.1, 0.15) is 5.75 Å². The molecule has 0 amide bonds. The van der Waals surface area contributed by atoms with Crippen molar-refractivity contribution in [1.82, 2.24) is 0 Å². The monoisotopic (exact) mass is 490 g/mol. The van der Waals surface area contributed by atoms with E-state index in [0.29, 0.717) is 30.1 Å². The number of esters is 1. The number of aliphatic hydroxyl groups excluding tert-OH is 1. The molecule has 0 fully saturated rings. The van der Waals surface area contributed by atoms with E-state index in [2.05, 4.69) is 20.7 Å². The van der Waals surface area contributed by atoms with Gasteiger partial charge < -0.3 is 28.8 Å². The lowest BCUT2D eigenvalue weighted by Gasteiger charge is -2.26. The molecule has 1 aromatic carbocycles. The van der Waals surface area contributed by atoms with Crippen molar-refractivity contribution in [2.75, 3.05) is 21.3 Å². The lowest BCUT2D eigenvalue weighted by Crippen LogP contribution is -2.37. The SMILES string of the molecule is COC(=O)[C@@H](O)[C@H](C[C@H](C)Cc1c(OC(C)C)c(Br)cc(OC(C)C)c1OC)OC. The zero-order valence-corrected chi connectivity index (χ0v) is 20.7. The van der Waals surface area contributed by atoms with Crippen LogP contribution in [0.5, 0.6) is 17.2 Å². The maximum atomic E-state index is 11.7. The lowest BCUT2D eigenvalue weighted by atomic mass is 9.92. The van der Waals surface area contributed by atoms with Crippen LogP contribution in [0.15, 0.2) is 10.5 Å². The molecule has 0 heterocycles. The maximum Gasteiger partial charge on any atom is 0.337 e. The number of aliphatic hydroxyl groups is 1. The zero-order valence-electron chi connectivity index (χ0n) is 19.2. The van der Waals surface area contributed by atoms with Gasteiger partial charge in [-0.3, -0.25) is 0 Å². The van der Waals surface area contributed by atoms with Crippen LogP contribution in [-0.2, 0) is 20.7 Å². The van der Waals surface area contributed by atoms with Crippen LogP contribution in [0.3, 0.4) is 0 Å². The molecule has 7 nitrogen and oxygen atoms in total. The smallest absolute Gasteiger partial charge is 0.337 e. The Bertz CT molecular complexity index is 691. The summed E-state index contributed by atoms with van der Waals surface area (Å²) in [6.07, 6.45) is -1.10. The number of rotatable bonds is 12. The predicted octanol–water partition coefficient (Wildman–Crippen LogP) is 4.15. The molecule has 0 unspecified atom stereocenters. The summed E-state index contributed by atoms with van der Waals surface area (Å²) in [6, 6.07) is 1.85. The Balaban J connectivity index is 3.28. The average Bonchev–Trinajstić information content (AvgIpc) is 2.67. The second-order valence-electron chi connectivity index (χ2n) is 7.82. The summed E-state index contributed by atoms with van der Waals surface area (Å²) in [5.74, 6) is 1.23. The standard InChI is InChI=1S/C22H35BrO7/c1-12(2)29-18-11-16(23)20(30-13(3)4)15(21(18)27-7)9-14(5)10-17(26-6)19(24)22(25)28-8/h11-14,17,19,24H,9-10H2,1-8H3/t14-,17+,19+/m1/s1. The molecular formula is C22H35BrO7. The Morgan fingerprint density at radius 3 is 2.10 bits per heavy atom. The highest BCUT2D eigenvalue weighted by atomic mass is 79.9. The van der Waals surface area contributed by atoms with E-state index in [4.69, 9.17) is 18.9 Å². The molecule has 1 rings (SSSR count). The van der Waals surface area contributed by atoms with Gasteiger partial charge in [-0.25, -0.2) is 4.79 Å². The van der Waals surface area contributed by atoms with Crippen molar-refractivity contribution in [1.29, 1.82) is 0 Å². The minimum Gasteiger partial charge on any atom is -0.492 e. The van der Waals surface area contributed by atoms with Crippen molar-refractivity contribution in [3.05, 3.63) is 16.1 Å². The maximum absolute atomic E-state index is 11.7. The van der Waals surface area contributed by atoms with Gasteiger partial charge in [0.25, 0.3) is 0 Å². The van der Waals surface area contributed by atoms with Crippen LogP contribution in [0, 0.1) is 5.92 Å². The van der Waals surface area contributed by atoms with Crippen LogP contribution in [0.4, 0.5) is 0 Å². The van der Waals surface area contributed by atoms with E-state index in [0.717, 1.165) is 10.0 Å². The number of methoxy groups -OCH3 is 3. The number of hydrogen-bond donors (Lipinski definition) is 1. The summed E-state index contributed by atoms with van der Waals surface area (Å²) >= 11 is 3.60. The number of carbonyl (C=O) groups is 1. The minimum atomic E-state index is -1.35. The van der Waals surface area contributed by atoms with Gasteiger partial charge in [0.15, 0.2) is 17.6 Å². The fourth-order valence-corrected chi connectivity index (χ4v) is 3.75. The summed E-state index contributed by atoms with van der Waals surface area (Å²) in [4.78, 5) is 11.7. The van der Waals surface area contributed by atoms with Crippen molar-refractivity contribution in [3.8, 4) is 17.2 Å². The molecule has 1 aromatic rings. The van der Waals surface area contributed by atoms with Gasteiger partial charge in [0.05, 0.1) is 37.0 Å². The number of carbonyl (C=O) groups excluding carboxylic acids is 1. The molecule has 1 N–H and O–H groups in total. The third-order valence-electron chi connectivity index (χ3n) is 4.45. The first-order valence-electron chi connectivity index (χ1n) is 10.1. The van der Waals surface area contributed by atoms with Gasteiger partial charge in [0.2, 0.25) is 0 Å². The molecule has 0 saturated carbocycles. The second kappa shape index (κ2) is 12.4. The summed E-state index contributed by atoms with van der Waals surface area (Å²) in [7, 11) is 4.30. The highest BCUT2D eigenvalue weighted by Gasteiger charge is 2.30. The van der Waals surface area contributed by atoms with Crippen molar-refractivity contribution >= 4 is 21.9 Å². The Morgan fingerprint density at radius 2 is 1.63 bits per heavy atom. The summed E-state index contributed by atoms with van der Waals surface area (Å²) in [5.41, 5.74) is 0.853. The molecule has 0 aliphatic rings. The van der Waals surface area contributed by atoms with Gasteiger partial charge in [-0.1, -0.05) is 6.92 Å². The first-order valence-corrected chi connectivity index (χ1v) is 10.9. The minimum absolute atomic E-state index is 0.0267. The van der Waals surface area contributed by atoms with Crippen LogP contribution in [0.25, 0.3) is 0 Å². The normalized spacial score (nSPS) is 14.4. The molecule has 30 heavy (non-hydrogen) atoms. The summed E-state index contributed by atoms with van der Waals surface area (Å²) in [5, 5.41) is 10.2. The molecule has 0 aliphatic carbocycles. The molecule has 0 radical (unpaired) electrons. The predicted molar refractivity (Wildman–Crippen MR) is 119 cm³/mol. The summed E-state index contributed by atoms with van der Waals surface area (Å²) in [6.45, 7) is 9.83. The van der Waals surface area contributed by atoms with Gasteiger partial charge in [0, 0.05) is 18.7 Å². The number of benzene rings is 1. The average molecular weight is 491 g/mol. The van der Waals surface area contributed by atoms with E-state index >= 15 is 0 Å². The zero-order chi connectivity index (χ0) is 23.0. The van der Waals surface area contributed by atoms with Crippen molar-refractivity contribution < 1.29 is 33.6 Å². The van der Waals surface area contributed by atoms with Crippen molar-refractivity contribution in [3.63, 3.8) is 0 Å². The van der Waals surface area contributed by atoms with E-state index in [1.54, 1.807) is 7.11 Å². The molecule has 172 valence electrons. The third kappa shape index (κ3) is 7.32. The van der Waals surface area contributed by atoms with Crippen molar-refractivity contribution in [2.45, 2.75) is 71.9 Å². The van der Waals surface area contributed by atoms with E-state index in [-0.39, 0.29) is 18.1 Å². The van der Waals surface area contributed by atoms with Gasteiger partial charge in [-0.15, -0.1) is 0 Å². The molecule has 0 aliphatic heterocycles. The van der Waals surface area contributed by atoms with Crippen LogP contribution in [-0.4, -0.2) is 56.8 Å². The second-order valence-corrected chi connectivity index (χ2v) is 8.67. The van der Waals surface area contributed by atoms with Gasteiger partial charge >= 0.3 is 5.97 Å². The number of hydrogen-bond acceptors (Lipinski definition) is 7. The number of halogens is 1. The summed E-state index contributed by atoms with van der Waals surface area (Å²) < 4.78 is 28.5. The van der Waals surface area contributed by atoms with Crippen LogP contribution < -0.4 is 14.2 Å². The molecule has 0 aromatic heterocycles. The Labute approximate surface area is 188 Å². The first-order chi connectivity index (χ1) is 14.0. The highest BCUT2D eigenvalue weighted by Crippen LogP contribution is 2.45. The molecule has 3 atom stereocenters. The van der Waals surface area contributed by atoms with E-state index < -0.39 is 18.2 Å². The van der Waals surface area contributed by atoms with E-state index in [1.165, 1.54) is 14.2 Å². The Hall–Kier alpha value is -1.51. The first kappa shape index (κ1) is 26.5. The molecular weight excluding hydrogens is 456 g/mol. The Morgan fingerprint density at radius 1 is 1.03 bits per heavy atom. The van der Waals surface area contributed by atoms with E-state index in [1.807, 2.05) is 40.7 Å². The molecule has 0 spiro atoms. The molecule has 0 bridgehead atoms. The Kier molecular flexibility index (Phi) is 10.9. The highest BCUT2D eigenvalue weighted by molar-refractivity contribution is 9.10. The molecule has 0 saturated heterocycles. The van der Waals surface area contributed by atoms with Crippen LogP contribution in [0.1, 0.15) is 46.6 Å². The fraction of sp³-hybridized carbons (Fsp3) is 0.682. The lowest BCUT2D eigenvalue weighted by molar-refractivity contribution is -0.158. The van der Waals surface area contributed by atoms with Gasteiger partial charge in [-0.2, -0.15) is 0 Å². The van der Waals surface area contributed by atoms with Crippen LogP contribution in [0.2, 0.25) is 0 Å². The van der Waals surface area contributed by atoms with Crippen LogP contribution >= 0.6 is 15.9 Å². The van der Waals surface area contributed by atoms with E-state index in [9.17, 15) is 9.90 Å². The van der Waals surface area contributed by atoms with Gasteiger partial charge in [-0.05, 0) is 62.4 Å². The third-order valence-corrected chi connectivity index (χ3v) is 5.04. The molecule has 8 heteroatoms. The topological polar surface area (TPSA) is 83.5 Å². The van der Waals surface area contributed by atoms with Crippen molar-refractivity contribution in [2.24, 2.45) is 5.92 Å². The fourth-order valence-electron chi connectivity index (χ4n) is 3.21. The number of ether oxygens (including phenoxy) is 5. The quantitative estimate of drug-likeness (QED) is 0.440. The largest absolute Gasteiger partial charge is 0.492 e.